The van der Waals surface area contributed by atoms with E-state index in [1.165, 1.54) is 11.1 Å². The van der Waals surface area contributed by atoms with E-state index in [2.05, 4.69) is 25.9 Å². The van der Waals surface area contributed by atoms with Gasteiger partial charge in [0.1, 0.15) is 11.9 Å². The van der Waals surface area contributed by atoms with Crippen molar-refractivity contribution in [2.75, 3.05) is 10.6 Å². The number of carbonyl (C=O) groups is 4. The van der Waals surface area contributed by atoms with Crippen molar-refractivity contribution in [1.29, 1.82) is 5.41 Å². The fourth-order valence-corrected chi connectivity index (χ4v) is 4.46. The van der Waals surface area contributed by atoms with Gasteiger partial charge in [0.15, 0.2) is 0 Å². The molecule has 1 aromatic heterocycles. The Balaban J connectivity index is 1.31. The van der Waals surface area contributed by atoms with Crippen molar-refractivity contribution >= 4 is 40.8 Å². The van der Waals surface area contributed by atoms with Gasteiger partial charge in [0.05, 0.1) is 5.56 Å². The third-order valence-corrected chi connectivity index (χ3v) is 6.62. The van der Waals surface area contributed by atoms with Gasteiger partial charge in [0.2, 0.25) is 17.6 Å². The summed E-state index contributed by atoms with van der Waals surface area (Å²) in [4.78, 5) is 59.4. The molecular weight excluding hydrogens is 450 g/mol. The number of nitrogens with one attached hydrogen (secondary N) is 4. The molecule has 3 heterocycles. The Labute approximate surface area is 201 Å². The van der Waals surface area contributed by atoms with Crippen LogP contribution in [0.25, 0.3) is 0 Å². The van der Waals surface area contributed by atoms with Crippen molar-refractivity contribution in [3.63, 3.8) is 0 Å². The third kappa shape index (κ3) is 4.36. The number of piperidine rings is 1. The molecule has 0 bridgehead atoms. The summed E-state index contributed by atoms with van der Waals surface area (Å²) in [5.74, 6) is -1.15. The maximum Gasteiger partial charge on any atom is 0.293 e. The Hall–Kier alpha value is -4.15. The van der Waals surface area contributed by atoms with E-state index in [-0.39, 0.29) is 43.1 Å². The SMILES string of the molecule is CC(=N)c1cnc(C(=O)Nc2ccc3c(c2)CN(C2CCC(=O)NC2=O)C3=O)nc1NC1CCC1. The molecule has 1 aliphatic carbocycles. The number of fused-ring (bicyclic) bond motifs is 1. The van der Waals surface area contributed by atoms with Gasteiger partial charge in [-0.1, -0.05) is 0 Å². The van der Waals surface area contributed by atoms with Gasteiger partial charge in [-0.15, -0.1) is 0 Å². The topological polar surface area (TPSA) is 157 Å². The molecule has 0 radical (unpaired) electrons. The third-order valence-electron chi connectivity index (χ3n) is 6.62. The fourth-order valence-electron chi connectivity index (χ4n) is 4.46. The van der Waals surface area contributed by atoms with Crippen molar-refractivity contribution in [3.05, 3.63) is 46.9 Å². The quantitative estimate of drug-likeness (QED) is 0.367. The summed E-state index contributed by atoms with van der Waals surface area (Å²) in [7, 11) is 0. The Morgan fingerprint density at radius 2 is 2.00 bits per heavy atom. The molecule has 35 heavy (non-hydrogen) atoms. The number of aromatic nitrogens is 2. The molecule has 1 atom stereocenters. The van der Waals surface area contributed by atoms with Gasteiger partial charge in [-0.3, -0.25) is 24.5 Å². The maximum absolute atomic E-state index is 12.9. The van der Waals surface area contributed by atoms with Gasteiger partial charge >= 0.3 is 0 Å². The zero-order valence-corrected chi connectivity index (χ0v) is 19.2. The van der Waals surface area contributed by atoms with Crippen LogP contribution in [0.2, 0.25) is 0 Å². The van der Waals surface area contributed by atoms with E-state index in [9.17, 15) is 19.2 Å². The lowest BCUT2D eigenvalue weighted by Gasteiger charge is -2.29. The van der Waals surface area contributed by atoms with E-state index in [1.54, 1.807) is 25.1 Å². The highest BCUT2D eigenvalue weighted by molar-refractivity contribution is 6.07. The van der Waals surface area contributed by atoms with Crippen molar-refractivity contribution < 1.29 is 19.2 Å². The number of amides is 4. The minimum absolute atomic E-state index is 0.0291. The zero-order valence-electron chi connectivity index (χ0n) is 19.2. The highest BCUT2D eigenvalue weighted by Gasteiger charge is 2.39. The number of hydrogen-bond donors (Lipinski definition) is 4. The van der Waals surface area contributed by atoms with E-state index in [0.717, 1.165) is 19.3 Å². The molecule has 3 aliphatic rings. The molecule has 5 rings (SSSR count). The van der Waals surface area contributed by atoms with Gasteiger partial charge in [-0.2, -0.15) is 0 Å². The largest absolute Gasteiger partial charge is 0.367 e. The Morgan fingerprint density at radius 3 is 2.69 bits per heavy atom. The van der Waals surface area contributed by atoms with Crippen LogP contribution in [0, 0.1) is 5.41 Å². The maximum atomic E-state index is 12.9. The van der Waals surface area contributed by atoms with E-state index in [1.807, 2.05) is 0 Å². The molecule has 4 N–H and O–H groups in total. The number of carbonyl (C=O) groups excluding carboxylic acids is 4. The standard InChI is InChI=1S/C24H25N7O4/c1-12(25)17-10-26-21(30-20(17)27-14-3-2-4-14)23(34)28-15-5-6-16-13(9-15)11-31(24(16)35)18-7-8-19(32)29-22(18)33/h5-6,9-10,14,18,25H,2-4,7-8,11H2,1H3,(H,28,34)(H,26,27,30)(H,29,32,33). The summed E-state index contributed by atoms with van der Waals surface area (Å²) in [6.07, 6.45) is 5.12. The lowest BCUT2D eigenvalue weighted by atomic mass is 9.93. The van der Waals surface area contributed by atoms with Crippen LogP contribution >= 0.6 is 0 Å². The first-order chi connectivity index (χ1) is 16.8. The molecule has 2 aromatic rings. The number of anilines is 2. The van der Waals surface area contributed by atoms with E-state index >= 15 is 0 Å². The summed E-state index contributed by atoms with van der Waals surface area (Å²) < 4.78 is 0. The molecular formula is C24H25N7O4. The van der Waals surface area contributed by atoms with Crippen molar-refractivity contribution in [2.24, 2.45) is 0 Å². The molecule has 180 valence electrons. The fraction of sp³-hybridized carbons (Fsp3) is 0.375. The van der Waals surface area contributed by atoms with E-state index < -0.39 is 17.9 Å². The second kappa shape index (κ2) is 8.90. The van der Waals surface area contributed by atoms with Crippen LogP contribution < -0.4 is 16.0 Å². The van der Waals surface area contributed by atoms with E-state index in [0.29, 0.717) is 33.9 Å². The monoisotopic (exact) mass is 475 g/mol. The Morgan fingerprint density at radius 1 is 1.20 bits per heavy atom. The number of hydrogen-bond acceptors (Lipinski definition) is 8. The summed E-state index contributed by atoms with van der Waals surface area (Å²) in [5, 5.41) is 16.3. The average molecular weight is 476 g/mol. The van der Waals surface area contributed by atoms with Crippen molar-refractivity contribution in [1.82, 2.24) is 20.2 Å². The molecule has 2 aliphatic heterocycles. The molecule has 11 nitrogen and oxygen atoms in total. The Kier molecular flexibility index (Phi) is 5.75. The van der Waals surface area contributed by atoms with Crippen molar-refractivity contribution in [3.8, 4) is 0 Å². The zero-order chi connectivity index (χ0) is 24.7. The van der Waals surface area contributed by atoms with Crippen LogP contribution in [0.3, 0.4) is 0 Å². The number of benzene rings is 1. The predicted molar refractivity (Wildman–Crippen MR) is 126 cm³/mol. The van der Waals surface area contributed by atoms with Crippen molar-refractivity contribution in [2.45, 2.75) is 57.7 Å². The molecule has 11 heteroatoms. The van der Waals surface area contributed by atoms with Crippen LogP contribution in [0.5, 0.6) is 0 Å². The van der Waals surface area contributed by atoms with Crippen LogP contribution in [0.1, 0.15) is 71.1 Å². The lowest BCUT2D eigenvalue weighted by molar-refractivity contribution is -0.136. The Bertz CT molecular complexity index is 1270. The molecule has 0 spiro atoms. The van der Waals surface area contributed by atoms with Crippen LogP contribution in [0.15, 0.2) is 24.4 Å². The van der Waals surface area contributed by atoms with Crippen LogP contribution in [-0.2, 0) is 16.1 Å². The molecule has 4 amide bonds. The lowest BCUT2D eigenvalue weighted by Crippen LogP contribution is -2.52. The second-order valence-corrected chi connectivity index (χ2v) is 9.08. The summed E-state index contributed by atoms with van der Waals surface area (Å²) in [6, 6.07) is 4.51. The molecule has 1 aromatic carbocycles. The highest BCUT2D eigenvalue weighted by Crippen LogP contribution is 2.30. The summed E-state index contributed by atoms with van der Waals surface area (Å²) in [6.45, 7) is 1.86. The number of nitrogens with zero attached hydrogens (tertiary/aromatic N) is 3. The predicted octanol–water partition coefficient (Wildman–Crippen LogP) is 1.84. The molecule has 1 saturated carbocycles. The van der Waals surface area contributed by atoms with Gasteiger partial charge in [-0.25, -0.2) is 9.97 Å². The van der Waals surface area contributed by atoms with Gasteiger partial charge in [-0.05, 0) is 56.4 Å². The number of imide groups is 1. The average Bonchev–Trinajstić information content (AvgIpc) is 3.11. The minimum Gasteiger partial charge on any atom is -0.367 e. The normalized spacial score (nSPS) is 19.6. The summed E-state index contributed by atoms with van der Waals surface area (Å²) in [5.41, 5.74) is 2.47. The van der Waals surface area contributed by atoms with E-state index in [4.69, 9.17) is 5.41 Å². The van der Waals surface area contributed by atoms with Gasteiger partial charge in [0, 0.05) is 42.2 Å². The first-order valence-corrected chi connectivity index (χ1v) is 11.6. The van der Waals surface area contributed by atoms with Crippen LogP contribution in [0.4, 0.5) is 11.5 Å². The minimum atomic E-state index is -0.698. The summed E-state index contributed by atoms with van der Waals surface area (Å²) >= 11 is 0. The molecule has 1 unspecified atom stereocenters. The smallest absolute Gasteiger partial charge is 0.293 e. The second-order valence-electron chi connectivity index (χ2n) is 9.08. The van der Waals surface area contributed by atoms with Gasteiger partial charge in [0.25, 0.3) is 11.8 Å². The van der Waals surface area contributed by atoms with Crippen LogP contribution in [-0.4, -0.2) is 56.3 Å². The number of rotatable bonds is 6. The molecule has 1 saturated heterocycles. The highest BCUT2D eigenvalue weighted by atomic mass is 16.2. The first kappa shape index (κ1) is 22.6. The first-order valence-electron chi connectivity index (χ1n) is 11.6. The van der Waals surface area contributed by atoms with Gasteiger partial charge < -0.3 is 20.9 Å². The molecule has 2 fully saturated rings.